The van der Waals surface area contributed by atoms with Crippen LogP contribution in [0.1, 0.15) is 25.2 Å². The number of nitriles is 1. The average Bonchev–Trinajstić information content (AvgIpc) is 3.06. The number of thioether (sulfide) groups is 2. The molecule has 5 nitrogen and oxygen atoms in total. The second-order valence-corrected chi connectivity index (χ2v) is 7.63. The fraction of sp³-hybridized carbons (Fsp3) is 0.474. The van der Waals surface area contributed by atoms with Gasteiger partial charge in [-0.05, 0) is 37.0 Å². The summed E-state index contributed by atoms with van der Waals surface area (Å²) in [5.41, 5.74) is 2.25. The quantitative estimate of drug-likeness (QED) is 0.226. The van der Waals surface area contributed by atoms with E-state index in [2.05, 4.69) is 53.3 Å². The molecule has 1 N–H and O–H groups in total. The summed E-state index contributed by atoms with van der Waals surface area (Å²) in [7, 11) is 0. The Hall–Kier alpha value is -1.62. The van der Waals surface area contributed by atoms with Gasteiger partial charge in [-0.15, -0.1) is 0 Å². The summed E-state index contributed by atoms with van der Waals surface area (Å²) in [6.07, 6.45) is 3.80. The van der Waals surface area contributed by atoms with E-state index in [-0.39, 0.29) is 0 Å². The highest BCUT2D eigenvalue weighted by Crippen LogP contribution is 2.24. The number of fused-ring (bicyclic) bond motifs is 1. The number of rotatable bonds is 9. The first-order valence-corrected chi connectivity index (χ1v) is 11.1. The van der Waals surface area contributed by atoms with E-state index in [9.17, 15) is 0 Å². The van der Waals surface area contributed by atoms with Crippen molar-refractivity contribution in [3.8, 4) is 6.19 Å². The lowest BCUT2D eigenvalue weighted by Gasteiger charge is -2.17. The fourth-order valence-corrected chi connectivity index (χ4v) is 3.67. The van der Waals surface area contributed by atoms with Crippen LogP contribution in [0.4, 0.5) is 0 Å². The summed E-state index contributed by atoms with van der Waals surface area (Å²) >= 11 is 3.23. The first-order chi connectivity index (χ1) is 12.7. The van der Waals surface area contributed by atoms with Gasteiger partial charge in [0.15, 0.2) is 11.4 Å². The third kappa shape index (κ3) is 6.27. The van der Waals surface area contributed by atoms with Crippen molar-refractivity contribution in [1.82, 2.24) is 10.2 Å². The van der Waals surface area contributed by atoms with Gasteiger partial charge in [0.1, 0.15) is 11.3 Å². The zero-order valence-corrected chi connectivity index (χ0v) is 17.3. The van der Waals surface area contributed by atoms with Crippen molar-refractivity contribution in [2.24, 2.45) is 4.99 Å². The Morgan fingerprint density at radius 3 is 2.81 bits per heavy atom. The van der Waals surface area contributed by atoms with E-state index >= 15 is 0 Å². The van der Waals surface area contributed by atoms with Crippen molar-refractivity contribution in [2.75, 3.05) is 31.6 Å². The molecule has 26 heavy (non-hydrogen) atoms. The lowest BCUT2D eigenvalue weighted by Crippen LogP contribution is -2.21. The smallest absolute Gasteiger partial charge is 0.183 e. The highest BCUT2D eigenvalue weighted by molar-refractivity contribution is 8.13. The van der Waals surface area contributed by atoms with Gasteiger partial charge in [0.25, 0.3) is 0 Å². The van der Waals surface area contributed by atoms with Gasteiger partial charge in [-0.1, -0.05) is 37.7 Å². The third-order valence-corrected chi connectivity index (χ3v) is 5.61. The monoisotopic (exact) mass is 390 g/mol. The zero-order valence-electron chi connectivity index (χ0n) is 15.6. The van der Waals surface area contributed by atoms with E-state index in [0.717, 1.165) is 47.9 Å². The summed E-state index contributed by atoms with van der Waals surface area (Å²) in [5.74, 6) is 2.71. The number of amidine groups is 1. The Balaban J connectivity index is 1.88. The molecule has 0 aliphatic rings. The van der Waals surface area contributed by atoms with Crippen LogP contribution in [0.2, 0.25) is 0 Å². The van der Waals surface area contributed by atoms with Crippen LogP contribution in [-0.2, 0) is 12.3 Å². The number of hydrogen-bond donors (Lipinski definition) is 1. The van der Waals surface area contributed by atoms with E-state index < -0.39 is 0 Å². The molecule has 2 aromatic rings. The summed E-state index contributed by atoms with van der Waals surface area (Å²) < 4.78 is 6.01. The normalized spacial score (nSPS) is 11.9. The second-order valence-electron chi connectivity index (χ2n) is 5.73. The maximum Gasteiger partial charge on any atom is 0.183 e. The van der Waals surface area contributed by atoms with Crippen LogP contribution in [0.15, 0.2) is 33.7 Å². The molecule has 1 heterocycles. The molecule has 1 aromatic heterocycles. The summed E-state index contributed by atoms with van der Waals surface area (Å²) in [6.45, 7) is 8.13. The lowest BCUT2D eigenvalue weighted by atomic mass is 10.1. The summed E-state index contributed by atoms with van der Waals surface area (Å²) in [6, 6.07) is 8.62. The zero-order chi connectivity index (χ0) is 18.8. The molecule has 0 unspecified atom stereocenters. The number of benzene rings is 1. The number of aliphatic imine (C=N–C) groups is 1. The van der Waals surface area contributed by atoms with E-state index in [1.807, 2.05) is 12.4 Å². The molecule has 0 radical (unpaired) electrons. The van der Waals surface area contributed by atoms with Crippen molar-refractivity contribution in [2.45, 2.75) is 26.1 Å². The maximum absolute atomic E-state index is 8.61. The van der Waals surface area contributed by atoms with Crippen LogP contribution in [0.3, 0.4) is 0 Å². The summed E-state index contributed by atoms with van der Waals surface area (Å²) in [4.78, 5) is 6.75. The van der Waals surface area contributed by atoms with Crippen molar-refractivity contribution in [1.29, 1.82) is 5.26 Å². The van der Waals surface area contributed by atoms with Crippen LogP contribution in [0.25, 0.3) is 11.0 Å². The molecular weight excluding hydrogens is 364 g/mol. The minimum absolute atomic E-state index is 0.664. The van der Waals surface area contributed by atoms with Crippen molar-refractivity contribution < 1.29 is 4.42 Å². The van der Waals surface area contributed by atoms with E-state index in [0.29, 0.717) is 11.7 Å². The number of nitrogens with one attached hydrogen (secondary N) is 1. The van der Waals surface area contributed by atoms with Crippen LogP contribution < -0.4 is 5.32 Å². The molecule has 0 amide bonds. The Bertz CT molecular complexity index is 762. The highest BCUT2D eigenvalue weighted by Gasteiger charge is 2.07. The van der Waals surface area contributed by atoms with Gasteiger partial charge in [0.05, 0.1) is 12.3 Å². The van der Waals surface area contributed by atoms with Crippen LogP contribution in [0, 0.1) is 11.5 Å². The molecule has 7 heteroatoms. The van der Waals surface area contributed by atoms with Gasteiger partial charge in [0, 0.05) is 17.7 Å². The van der Waals surface area contributed by atoms with Crippen LogP contribution >= 0.6 is 23.5 Å². The first kappa shape index (κ1) is 20.7. The topological polar surface area (TPSA) is 64.6 Å². The molecule has 0 bridgehead atoms. The number of furan rings is 1. The molecule has 0 saturated heterocycles. The molecule has 1 aromatic carbocycles. The SMILES string of the molecule is CCN(CC)Cc1ccc2cc(CSCC/N=C(/NC#N)SC)oc2c1. The van der Waals surface area contributed by atoms with Crippen molar-refractivity contribution in [3.05, 3.63) is 35.6 Å². The molecule has 140 valence electrons. The van der Waals surface area contributed by atoms with Crippen LogP contribution in [-0.4, -0.2) is 41.7 Å². The number of hydrogen-bond acceptors (Lipinski definition) is 6. The van der Waals surface area contributed by atoms with Gasteiger partial charge in [-0.2, -0.15) is 17.0 Å². The van der Waals surface area contributed by atoms with Crippen molar-refractivity contribution >= 4 is 39.7 Å². The van der Waals surface area contributed by atoms with Gasteiger partial charge >= 0.3 is 0 Å². The van der Waals surface area contributed by atoms with Gasteiger partial charge < -0.3 is 4.42 Å². The minimum atomic E-state index is 0.664. The minimum Gasteiger partial charge on any atom is -0.460 e. The Morgan fingerprint density at radius 1 is 1.31 bits per heavy atom. The van der Waals surface area contributed by atoms with E-state index in [4.69, 9.17) is 9.68 Å². The molecule has 0 saturated carbocycles. The fourth-order valence-electron chi connectivity index (χ4n) is 2.59. The van der Waals surface area contributed by atoms with E-state index in [1.165, 1.54) is 17.3 Å². The molecule has 2 rings (SSSR count). The van der Waals surface area contributed by atoms with Gasteiger partial charge in [-0.3, -0.25) is 15.2 Å². The summed E-state index contributed by atoms with van der Waals surface area (Å²) in [5, 5.41) is 13.0. The lowest BCUT2D eigenvalue weighted by molar-refractivity contribution is 0.296. The van der Waals surface area contributed by atoms with E-state index in [1.54, 1.807) is 11.8 Å². The molecule has 0 aliphatic heterocycles. The largest absolute Gasteiger partial charge is 0.460 e. The third-order valence-electron chi connectivity index (χ3n) is 4.03. The molecule has 0 atom stereocenters. The highest BCUT2D eigenvalue weighted by atomic mass is 32.2. The Morgan fingerprint density at radius 2 is 2.12 bits per heavy atom. The predicted molar refractivity (Wildman–Crippen MR) is 114 cm³/mol. The first-order valence-electron chi connectivity index (χ1n) is 8.75. The average molecular weight is 391 g/mol. The standard InChI is InChI=1S/C19H26N4OS2/c1-4-23(5-2)12-15-6-7-16-11-17(24-18(16)10-15)13-26-9-8-21-19(25-3)22-14-20/h6-7,10-11H,4-5,8-9,12-13H2,1-3H3,(H,21,22). The Kier molecular flexibility index (Phi) is 8.89. The number of nitrogens with zero attached hydrogens (tertiary/aromatic N) is 3. The van der Waals surface area contributed by atoms with Crippen LogP contribution in [0.5, 0.6) is 0 Å². The molecular formula is C19H26N4OS2. The molecule has 0 spiro atoms. The second kappa shape index (κ2) is 11.2. The Labute approximate surface area is 164 Å². The van der Waals surface area contributed by atoms with Crippen molar-refractivity contribution in [3.63, 3.8) is 0 Å². The van der Waals surface area contributed by atoms with Gasteiger partial charge in [0.2, 0.25) is 0 Å². The molecule has 0 aliphatic carbocycles. The molecule has 0 fully saturated rings. The van der Waals surface area contributed by atoms with Gasteiger partial charge in [-0.25, -0.2) is 0 Å². The maximum atomic E-state index is 8.61. The predicted octanol–water partition coefficient (Wildman–Crippen LogP) is 4.30.